The van der Waals surface area contributed by atoms with Gasteiger partial charge in [-0.2, -0.15) is 0 Å². The minimum atomic E-state index is 0.599. The standard InChI is InChI=1S/C13H28N2OS/c1-11(2)9-15(6-5-13(14)17)7-8-16-10-12(3)4/h11-12H,5-10H2,1-4H3,(H2,14,17). The Morgan fingerprint density at radius 3 is 2.29 bits per heavy atom. The summed E-state index contributed by atoms with van der Waals surface area (Å²) in [4.78, 5) is 2.98. The number of ether oxygens (including phenoxy) is 1. The van der Waals surface area contributed by atoms with E-state index in [9.17, 15) is 0 Å². The van der Waals surface area contributed by atoms with E-state index in [0.29, 0.717) is 16.8 Å². The van der Waals surface area contributed by atoms with Gasteiger partial charge in [-0.25, -0.2) is 0 Å². The van der Waals surface area contributed by atoms with Crippen molar-refractivity contribution in [2.24, 2.45) is 17.6 Å². The summed E-state index contributed by atoms with van der Waals surface area (Å²) in [7, 11) is 0. The predicted octanol–water partition coefficient (Wildman–Crippen LogP) is 2.29. The quantitative estimate of drug-likeness (QED) is 0.483. The minimum Gasteiger partial charge on any atom is -0.393 e. The van der Waals surface area contributed by atoms with Crippen LogP contribution in [0.1, 0.15) is 34.1 Å². The molecule has 0 unspecified atom stereocenters. The highest BCUT2D eigenvalue weighted by atomic mass is 32.1. The Balaban J connectivity index is 3.80. The lowest BCUT2D eigenvalue weighted by molar-refractivity contribution is 0.0829. The molecule has 0 saturated carbocycles. The van der Waals surface area contributed by atoms with E-state index in [-0.39, 0.29) is 0 Å². The molecule has 0 radical (unpaired) electrons. The van der Waals surface area contributed by atoms with E-state index in [0.717, 1.165) is 39.3 Å². The van der Waals surface area contributed by atoms with Gasteiger partial charge in [-0.15, -0.1) is 0 Å². The largest absolute Gasteiger partial charge is 0.393 e. The van der Waals surface area contributed by atoms with Gasteiger partial charge in [0.15, 0.2) is 0 Å². The molecule has 0 aromatic carbocycles. The molecule has 0 rings (SSSR count). The molecule has 102 valence electrons. The zero-order valence-corrected chi connectivity index (χ0v) is 12.6. The van der Waals surface area contributed by atoms with Crippen molar-refractivity contribution < 1.29 is 4.74 Å². The summed E-state index contributed by atoms with van der Waals surface area (Å²) in [5.74, 6) is 1.26. The third kappa shape index (κ3) is 12.1. The number of nitrogens with two attached hydrogens (primary N) is 1. The van der Waals surface area contributed by atoms with Gasteiger partial charge < -0.3 is 15.4 Å². The molecular weight excluding hydrogens is 232 g/mol. The lowest BCUT2D eigenvalue weighted by Crippen LogP contribution is -2.34. The van der Waals surface area contributed by atoms with E-state index in [1.165, 1.54) is 0 Å². The van der Waals surface area contributed by atoms with E-state index in [1.54, 1.807) is 0 Å². The fourth-order valence-corrected chi connectivity index (χ4v) is 1.68. The SMILES string of the molecule is CC(C)COCCN(CCC(N)=S)CC(C)C. The van der Waals surface area contributed by atoms with Gasteiger partial charge in [0.25, 0.3) is 0 Å². The second kappa shape index (κ2) is 9.80. The third-order valence-corrected chi connectivity index (χ3v) is 2.50. The highest BCUT2D eigenvalue weighted by Crippen LogP contribution is 2.01. The molecule has 17 heavy (non-hydrogen) atoms. The van der Waals surface area contributed by atoms with Crippen LogP contribution < -0.4 is 5.73 Å². The van der Waals surface area contributed by atoms with E-state index < -0.39 is 0 Å². The predicted molar refractivity (Wildman–Crippen MR) is 78.3 cm³/mol. The normalized spacial score (nSPS) is 11.7. The molecule has 0 spiro atoms. The maximum atomic E-state index is 5.61. The Labute approximate surface area is 112 Å². The average Bonchev–Trinajstić information content (AvgIpc) is 2.19. The lowest BCUT2D eigenvalue weighted by atomic mass is 10.2. The summed E-state index contributed by atoms with van der Waals surface area (Å²) in [5.41, 5.74) is 5.54. The Morgan fingerprint density at radius 1 is 1.18 bits per heavy atom. The molecule has 3 nitrogen and oxygen atoms in total. The van der Waals surface area contributed by atoms with Crippen LogP contribution in [0.5, 0.6) is 0 Å². The average molecular weight is 260 g/mol. The Morgan fingerprint density at radius 2 is 1.82 bits per heavy atom. The Hall–Kier alpha value is -0.190. The van der Waals surface area contributed by atoms with E-state index in [2.05, 4.69) is 32.6 Å². The van der Waals surface area contributed by atoms with Gasteiger partial charge in [0, 0.05) is 32.7 Å². The first-order chi connectivity index (χ1) is 7.91. The maximum Gasteiger partial charge on any atom is 0.0740 e. The molecule has 0 fully saturated rings. The molecule has 0 bridgehead atoms. The highest BCUT2D eigenvalue weighted by molar-refractivity contribution is 7.80. The van der Waals surface area contributed by atoms with Crippen molar-refractivity contribution in [3.8, 4) is 0 Å². The van der Waals surface area contributed by atoms with Crippen LogP contribution in [0, 0.1) is 11.8 Å². The Bertz CT molecular complexity index is 208. The van der Waals surface area contributed by atoms with Gasteiger partial charge in [-0.3, -0.25) is 0 Å². The molecule has 0 saturated heterocycles. The summed E-state index contributed by atoms with van der Waals surface area (Å²) in [5, 5.41) is 0. The van der Waals surface area contributed by atoms with Crippen LogP contribution in [0.15, 0.2) is 0 Å². The zero-order valence-electron chi connectivity index (χ0n) is 11.7. The maximum absolute atomic E-state index is 5.61. The number of hydrogen-bond acceptors (Lipinski definition) is 3. The number of hydrogen-bond donors (Lipinski definition) is 1. The van der Waals surface area contributed by atoms with Crippen LogP contribution in [0.4, 0.5) is 0 Å². The van der Waals surface area contributed by atoms with Gasteiger partial charge in [0.05, 0.1) is 11.6 Å². The van der Waals surface area contributed by atoms with Crippen LogP contribution in [0.3, 0.4) is 0 Å². The molecule has 0 aromatic rings. The molecule has 0 aliphatic carbocycles. The van der Waals surface area contributed by atoms with E-state index in [1.807, 2.05) is 0 Å². The molecule has 4 heteroatoms. The first-order valence-electron chi connectivity index (χ1n) is 6.50. The molecule has 0 aromatic heterocycles. The third-order valence-electron chi connectivity index (χ3n) is 2.30. The molecule has 0 aliphatic rings. The van der Waals surface area contributed by atoms with Crippen LogP contribution in [-0.4, -0.2) is 42.7 Å². The smallest absolute Gasteiger partial charge is 0.0740 e. The molecule has 0 aliphatic heterocycles. The summed E-state index contributed by atoms with van der Waals surface area (Å²) >= 11 is 4.92. The molecule has 0 heterocycles. The van der Waals surface area contributed by atoms with E-state index >= 15 is 0 Å². The summed E-state index contributed by atoms with van der Waals surface area (Å²) in [6, 6.07) is 0. The number of thiocarbonyl (C=S) groups is 1. The van der Waals surface area contributed by atoms with Crippen molar-refractivity contribution in [1.82, 2.24) is 4.90 Å². The second-order valence-electron chi connectivity index (χ2n) is 5.38. The van der Waals surface area contributed by atoms with Crippen molar-refractivity contribution in [1.29, 1.82) is 0 Å². The van der Waals surface area contributed by atoms with Crippen molar-refractivity contribution in [3.05, 3.63) is 0 Å². The first-order valence-corrected chi connectivity index (χ1v) is 6.91. The second-order valence-corrected chi connectivity index (χ2v) is 5.90. The van der Waals surface area contributed by atoms with Gasteiger partial charge in [0.1, 0.15) is 0 Å². The highest BCUT2D eigenvalue weighted by Gasteiger charge is 2.07. The van der Waals surface area contributed by atoms with Crippen LogP contribution >= 0.6 is 12.2 Å². The summed E-state index contributed by atoms with van der Waals surface area (Å²) < 4.78 is 5.61. The van der Waals surface area contributed by atoms with Crippen LogP contribution in [-0.2, 0) is 4.74 Å². The van der Waals surface area contributed by atoms with Crippen molar-refractivity contribution >= 4 is 17.2 Å². The molecular formula is C13H28N2OS. The number of rotatable bonds is 10. The minimum absolute atomic E-state index is 0.599. The lowest BCUT2D eigenvalue weighted by Gasteiger charge is -2.24. The van der Waals surface area contributed by atoms with Crippen LogP contribution in [0.2, 0.25) is 0 Å². The zero-order chi connectivity index (χ0) is 13.3. The van der Waals surface area contributed by atoms with Crippen molar-refractivity contribution in [3.63, 3.8) is 0 Å². The Kier molecular flexibility index (Phi) is 9.69. The fraction of sp³-hybridized carbons (Fsp3) is 0.923. The first kappa shape index (κ1) is 16.8. The molecule has 0 atom stereocenters. The summed E-state index contributed by atoms with van der Waals surface area (Å²) in [6.07, 6.45) is 0.798. The van der Waals surface area contributed by atoms with Gasteiger partial charge in [-0.1, -0.05) is 39.9 Å². The van der Waals surface area contributed by atoms with E-state index in [4.69, 9.17) is 22.7 Å². The van der Waals surface area contributed by atoms with Gasteiger partial charge in [-0.05, 0) is 11.8 Å². The topological polar surface area (TPSA) is 38.5 Å². The fourth-order valence-electron chi connectivity index (χ4n) is 1.59. The van der Waals surface area contributed by atoms with Gasteiger partial charge in [0.2, 0.25) is 0 Å². The molecule has 2 N–H and O–H groups in total. The monoisotopic (exact) mass is 260 g/mol. The number of nitrogens with zero attached hydrogens (tertiary/aromatic N) is 1. The van der Waals surface area contributed by atoms with Crippen molar-refractivity contribution in [2.45, 2.75) is 34.1 Å². The van der Waals surface area contributed by atoms with Gasteiger partial charge >= 0.3 is 0 Å². The van der Waals surface area contributed by atoms with Crippen LogP contribution in [0.25, 0.3) is 0 Å². The van der Waals surface area contributed by atoms with Crippen molar-refractivity contribution in [2.75, 3.05) is 32.8 Å². The summed E-state index contributed by atoms with van der Waals surface area (Å²) in [6.45, 7) is 13.4. The molecule has 0 amide bonds.